The Bertz CT molecular complexity index is 1130. The first-order chi connectivity index (χ1) is 14.6. The standard InChI is InChI=1S/C18H17BrN4O.C2HF3O2/c19-16-10-21-17-7-6-13(11-23(16)17)18(24)22-8-2-4-14-12(9-20)3-1-5-15(14)22;3-2(4,5)1(6)7/h1,3,5-7,10-11H,2,4,8-9,20H2;(H,6,7). The zero-order valence-corrected chi connectivity index (χ0v) is 17.7. The topological polar surface area (TPSA) is 101 Å². The number of hydrogen-bond donors (Lipinski definition) is 2. The number of halogens is 4. The normalized spacial score (nSPS) is 13.4. The fraction of sp³-hybridized carbons (Fsp3) is 0.250. The van der Waals surface area contributed by atoms with E-state index in [4.69, 9.17) is 15.6 Å². The molecule has 0 radical (unpaired) electrons. The van der Waals surface area contributed by atoms with E-state index in [2.05, 4.69) is 20.9 Å². The van der Waals surface area contributed by atoms with E-state index in [0.717, 1.165) is 40.9 Å². The molecule has 0 saturated carbocycles. The summed E-state index contributed by atoms with van der Waals surface area (Å²) >= 11 is 3.45. The Balaban J connectivity index is 0.000000339. The Labute approximate surface area is 183 Å². The van der Waals surface area contributed by atoms with Crippen LogP contribution in [-0.4, -0.2) is 39.1 Å². The number of hydrogen-bond acceptors (Lipinski definition) is 4. The predicted octanol–water partition coefficient (Wildman–Crippen LogP) is 3.78. The van der Waals surface area contributed by atoms with Gasteiger partial charge in [0.15, 0.2) is 0 Å². The molecule has 31 heavy (non-hydrogen) atoms. The highest BCUT2D eigenvalue weighted by atomic mass is 79.9. The molecule has 0 spiro atoms. The van der Waals surface area contributed by atoms with Crippen molar-refractivity contribution in [2.75, 3.05) is 11.4 Å². The van der Waals surface area contributed by atoms with E-state index in [-0.39, 0.29) is 5.91 Å². The molecule has 0 aliphatic carbocycles. The molecule has 0 bridgehead atoms. The second-order valence-corrected chi connectivity index (χ2v) is 7.52. The first kappa shape index (κ1) is 22.8. The maximum atomic E-state index is 13.1. The minimum atomic E-state index is -5.08. The third-order valence-electron chi connectivity index (χ3n) is 4.76. The Morgan fingerprint density at radius 3 is 2.58 bits per heavy atom. The number of nitrogens with zero attached hydrogens (tertiary/aromatic N) is 3. The van der Waals surface area contributed by atoms with Crippen LogP contribution in [0.3, 0.4) is 0 Å². The van der Waals surface area contributed by atoms with E-state index in [1.54, 1.807) is 6.20 Å². The lowest BCUT2D eigenvalue weighted by atomic mass is 9.96. The average Bonchev–Trinajstić information content (AvgIpc) is 3.12. The number of aliphatic carboxylic acids is 1. The van der Waals surface area contributed by atoms with Crippen molar-refractivity contribution in [3.63, 3.8) is 0 Å². The van der Waals surface area contributed by atoms with E-state index in [9.17, 15) is 18.0 Å². The number of fused-ring (bicyclic) bond motifs is 2. The molecule has 3 aromatic rings. The Hall–Kier alpha value is -2.92. The van der Waals surface area contributed by atoms with Gasteiger partial charge in [0, 0.05) is 25.0 Å². The molecule has 164 valence electrons. The van der Waals surface area contributed by atoms with Gasteiger partial charge < -0.3 is 15.7 Å². The van der Waals surface area contributed by atoms with Gasteiger partial charge in [0.2, 0.25) is 0 Å². The molecule has 3 N–H and O–H groups in total. The van der Waals surface area contributed by atoms with Crippen molar-refractivity contribution in [2.45, 2.75) is 25.6 Å². The number of carbonyl (C=O) groups excluding carboxylic acids is 1. The van der Waals surface area contributed by atoms with Crippen LogP contribution in [0.2, 0.25) is 0 Å². The van der Waals surface area contributed by atoms with E-state index in [1.165, 1.54) is 5.56 Å². The van der Waals surface area contributed by atoms with Gasteiger partial charge in [0.05, 0.1) is 11.8 Å². The highest BCUT2D eigenvalue weighted by molar-refractivity contribution is 9.10. The van der Waals surface area contributed by atoms with Gasteiger partial charge in [-0.05, 0) is 58.1 Å². The van der Waals surface area contributed by atoms with Gasteiger partial charge in [-0.1, -0.05) is 12.1 Å². The summed E-state index contributed by atoms with van der Waals surface area (Å²) in [6.45, 7) is 1.22. The zero-order chi connectivity index (χ0) is 22.8. The van der Waals surface area contributed by atoms with Crippen molar-refractivity contribution in [1.82, 2.24) is 9.38 Å². The van der Waals surface area contributed by atoms with E-state index in [0.29, 0.717) is 12.1 Å². The van der Waals surface area contributed by atoms with Crippen LogP contribution in [-0.2, 0) is 17.8 Å². The van der Waals surface area contributed by atoms with Gasteiger partial charge in [-0.3, -0.25) is 9.20 Å². The minimum absolute atomic E-state index is 0.00706. The highest BCUT2D eigenvalue weighted by Crippen LogP contribution is 2.31. The van der Waals surface area contributed by atoms with Crippen LogP contribution in [0.5, 0.6) is 0 Å². The molecule has 3 heterocycles. The number of alkyl halides is 3. The summed E-state index contributed by atoms with van der Waals surface area (Å²) in [5, 5.41) is 7.12. The van der Waals surface area contributed by atoms with Crippen LogP contribution in [0.4, 0.5) is 18.9 Å². The number of carboxylic acids is 1. The lowest BCUT2D eigenvalue weighted by Gasteiger charge is -2.31. The second kappa shape index (κ2) is 9.06. The maximum Gasteiger partial charge on any atom is 0.490 e. The summed E-state index contributed by atoms with van der Waals surface area (Å²) in [4.78, 5) is 28.1. The summed E-state index contributed by atoms with van der Waals surface area (Å²) in [6, 6.07) is 9.72. The molecule has 0 fully saturated rings. The van der Waals surface area contributed by atoms with Crippen molar-refractivity contribution in [3.05, 3.63) is 64.0 Å². The molecule has 1 aliphatic heterocycles. The number of rotatable bonds is 2. The van der Waals surface area contributed by atoms with Gasteiger partial charge in [-0.25, -0.2) is 9.78 Å². The van der Waals surface area contributed by atoms with E-state index in [1.807, 2.05) is 45.8 Å². The number of benzene rings is 1. The number of aromatic nitrogens is 2. The molecule has 1 aromatic carbocycles. The van der Waals surface area contributed by atoms with E-state index < -0.39 is 12.1 Å². The molecular weight excluding hydrogens is 481 g/mol. The maximum absolute atomic E-state index is 13.1. The average molecular weight is 499 g/mol. The first-order valence-electron chi connectivity index (χ1n) is 9.19. The number of nitrogens with two attached hydrogens (primary N) is 1. The summed E-state index contributed by atoms with van der Waals surface area (Å²) in [5.74, 6) is -2.75. The molecule has 0 atom stereocenters. The third-order valence-corrected chi connectivity index (χ3v) is 5.35. The van der Waals surface area contributed by atoms with Crippen LogP contribution in [0.15, 0.2) is 47.3 Å². The number of carbonyl (C=O) groups is 2. The van der Waals surface area contributed by atoms with Crippen LogP contribution in [0.1, 0.15) is 27.9 Å². The molecule has 0 saturated heterocycles. The van der Waals surface area contributed by atoms with Gasteiger partial charge in [-0.2, -0.15) is 13.2 Å². The first-order valence-corrected chi connectivity index (χ1v) is 9.98. The molecule has 2 aromatic heterocycles. The molecule has 1 amide bonds. The van der Waals surface area contributed by atoms with Crippen LogP contribution < -0.4 is 10.6 Å². The lowest BCUT2D eigenvalue weighted by molar-refractivity contribution is -0.192. The van der Waals surface area contributed by atoms with Crippen LogP contribution in [0, 0.1) is 0 Å². The number of carboxylic acid groups (broad SMARTS) is 1. The molecule has 11 heteroatoms. The van der Waals surface area contributed by atoms with Crippen molar-refractivity contribution >= 4 is 39.1 Å². The van der Waals surface area contributed by atoms with Crippen molar-refractivity contribution in [2.24, 2.45) is 5.73 Å². The highest BCUT2D eigenvalue weighted by Gasteiger charge is 2.38. The molecular formula is C20H18BrF3N4O3. The number of amides is 1. The quantitative estimate of drug-likeness (QED) is 0.559. The lowest BCUT2D eigenvalue weighted by Crippen LogP contribution is -2.36. The summed E-state index contributed by atoms with van der Waals surface area (Å²) in [6.07, 6.45) is 0.397. The number of imidazole rings is 1. The molecule has 0 unspecified atom stereocenters. The smallest absolute Gasteiger partial charge is 0.475 e. The van der Waals surface area contributed by atoms with Gasteiger partial charge >= 0.3 is 12.1 Å². The van der Waals surface area contributed by atoms with Crippen LogP contribution in [0.25, 0.3) is 5.65 Å². The minimum Gasteiger partial charge on any atom is -0.475 e. The Morgan fingerprint density at radius 1 is 1.23 bits per heavy atom. The summed E-state index contributed by atoms with van der Waals surface area (Å²) in [5.41, 5.74) is 10.6. The predicted molar refractivity (Wildman–Crippen MR) is 111 cm³/mol. The Kier molecular flexibility index (Phi) is 6.65. The van der Waals surface area contributed by atoms with E-state index >= 15 is 0 Å². The molecule has 4 rings (SSSR count). The Morgan fingerprint density at radius 2 is 1.94 bits per heavy atom. The zero-order valence-electron chi connectivity index (χ0n) is 16.1. The summed E-state index contributed by atoms with van der Waals surface area (Å²) in [7, 11) is 0. The molecule has 1 aliphatic rings. The fourth-order valence-electron chi connectivity index (χ4n) is 3.33. The second-order valence-electron chi connectivity index (χ2n) is 6.71. The third kappa shape index (κ3) is 4.88. The fourth-order valence-corrected chi connectivity index (χ4v) is 3.72. The largest absolute Gasteiger partial charge is 0.490 e. The van der Waals surface area contributed by atoms with Gasteiger partial charge in [0.1, 0.15) is 10.3 Å². The van der Waals surface area contributed by atoms with Gasteiger partial charge in [-0.15, -0.1) is 0 Å². The number of pyridine rings is 1. The SMILES string of the molecule is NCc1cccc2c1CCCN2C(=O)c1ccc2ncc(Br)n2c1.O=C(O)C(F)(F)F. The van der Waals surface area contributed by atoms with Crippen molar-refractivity contribution < 1.29 is 27.9 Å². The van der Waals surface area contributed by atoms with Crippen molar-refractivity contribution in [3.8, 4) is 0 Å². The van der Waals surface area contributed by atoms with Crippen molar-refractivity contribution in [1.29, 1.82) is 0 Å². The van der Waals surface area contributed by atoms with Gasteiger partial charge in [0.25, 0.3) is 5.91 Å². The monoisotopic (exact) mass is 498 g/mol. The van der Waals surface area contributed by atoms with Crippen LogP contribution >= 0.6 is 15.9 Å². The summed E-state index contributed by atoms with van der Waals surface area (Å²) < 4.78 is 34.4. The molecule has 7 nitrogen and oxygen atoms in total. The number of anilines is 1.